The fraction of sp³-hybridized carbons (Fsp3) is 0.850. The monoisotopic (exact) mass is 392 g/mol. The highest BCUT2D eigenvalue weighted by atomic mass is 16.2. The number of aliphatic imine (C=N–C) groups is 1. The lowest BCUT2D eigenvalue weighted by Gasteiger charge is -2.39. The van der Waals surface area contributed by atoms with Gasteiger partial charge in [-0.1, -0.05) is 0 Å². The molecule has 158 valence electrons. The van der Waals surface area contributed by atoms with Crippen molar-refractivity contribution in [1.82, 2.24) is 24.9 Å². The van der Waals surface area contributed by atoms with Gasteiger partial charge < -0.3 is 20.0 Å². The Hall–Kier alpha value is -1.83. The Morgan fingerprint density at radius 2 is 1.39 bits per heavy atom. The molecule has 0 aromatic rings. The minimum atomic E-state index is -0.0593. The molecule has 0 aliphatic carbocycles. The van der Waals surface area contributed by atoms with Crippen molar-refractivity contribution in [3.63, 3.8) is 0 Å². The zero-order valence-corrected chi connectivity index (χ0v) is 17.5. The van der Waals surface area contributed by atoms with E-state index in [1.807, 2.05) is 16.7 Å². The fourth-order valence-corrected chi connectivity index (χ4v) is 4.42. The van der Waals surface area contributed by atoms with Gasteiger partial charge in [0.25, 0.3) is 0 Å². The van der Waals surface area contributed by atoms with Gasteiger partial charge in [-0.2, -0.15) is 0 Å². The van der Waals surface area contributed by atoms with Crippen LogP contribution in [0.15, 0.2) is 4.99 Å². The lowest BCUT2D eigenvalue weighted by molar-refractivity contribution is -0.136. The zero-order valence-electron chi connectivity index (χ0n) is 17.5. The maximum Gasteiger partial charge on any atom is 0.241 e. The van der Waals surface area contributed by atoms with Crippen LogP contribution in [0.5, 0.6) is 0 Å². The highest BCUT2D eigenvalue weighted by Crippen LogP contribution is 2.14. The van der Waals surface area contributed by atoms with Gasteiger partial charge in [0.2, 0.25) is 11.8 Å². The molecule has 0 aromatic heterocycles. The van der Waals surface area contributed by atoms with Gasteiger partial charge in [-0.25, -0.2) is 0 Å². The third kappa shape index (κ3) is 5.16. The van der Waals surface area contributed by atoms with Crippen LogP contribution in [0.4, 0.5) is 0 Å². The molecule has 3 aliphatic heterocycles. The van der Waals surface area contributed by atoms with Gasteiger partial charge in [-0.05, 0) is 39.0 Å². The lowest BCUT2D eigenvalue weighted by Crippen LogP contribution is -2.57. The summed E-state index contributed by atoms with van der Waals surface area (Å²) in [5.74, 6) is 1.20. The zero-order chi connectivity index (χ0) is 19.9. The lowest BCUT2D eigenvalue weighted by atomic mass is 10.1. The standard InChI is InChI=1S/C20H36N6O2/c1-17(19(28)25-10-6-7-11-25)23-12-14-26(15-13-23)20(21-2)22-16-18(27)24-8-4-3-5-9-24/h17H,3-16H2,1-2H3,(H,21,22). The summed E-state index contributed by atoms with van der Waals surface area (Å²) in [4.78, 5) is 37.8. The molecule has 0 aromatic carbocycles. The molecule has 1 N–H and O–H groups in total. The van der Waals surface area contributed by atoms with Crippen LogP contribution in [0.2, 0.25) is 0 Å². The molecule has 3 heterocycles. The average Bonchev–Trinajstić information content (AvgIpc) is 3.29. The summed E-state index contributed by atoms with van der Waals surface area (Å²) in [7, 11) is 1.76. The van der Waals surface area contributed by atoms with Crippen LogP contribution >= 0.6 is 0 Å². The van der Waals surface area contributed by atoms with E-state index in [0.29, 0.717) is 6.54 Å². The number of piperazine rings is 1. The molecule has 3 saturated heterocycles. The molecule has 0 saturated carbocycles. The summed E-state index contributed by atoms with van der Waals surface area (Å²) in [5, 5.41) is 3.24. The van der Waals surface area contributed by atoms with Crippen molar-refractivity contribution < 1.29 is 9.59 Å². The van der Waals surface area contributed by atoms with Gasteiger partial charge in [0.05, 0.1) is 12.6 Å². The molecule has 8 nitrogen and oxygen atoms in total. The van der Waals surface area contributed by atoms with Crippen LogP contribution in [0.3, 0.4) is 0 Å². The number of hydrogen-bond donors (Lipinski definition) is 1. The highest BCUT2D eigenvalue weighted by molar-refractivity contribution is 5.86. The fourth-order valence-electron chi connectivity index (χ4n) is 4.42. The molecule has 3 aliphatic rings. The summed E-state index contributed by atoms with van der Waals surface area (Å²) < 4.78 is 0. The first-order valence-corrected chi connectivity index (χ1v) is 10.9. The molecule has 1 atom stereocenters. The van der Waals surface area contributed by atoms with E-state index in [2.05, 4.69) is 20.1 Å². The van der Waals surface area contributed by atoms with Crippen molar-refractivity contribution in [3.05, 3.63) is 0 Å². The summed E-state index contributed by atoms with van der Waals surface area (Å²) in [5.41, 5.74) is 0. The Labute approximate surface area is 168 Å². The second kappa shape index (κ2) is 10.1. The van der Waals surface area contributed by atoms with E-state index in [9.17, 15) is 9.59 Å². The molecule has 3 fully saturated rings. The molecule has 2 amide bonds. The smallest absolute Gasteiger partial charge is 0.241 e. The molecular formula is C20H36N6O2. The van der Waals surface area contributed by atoms with Crippen molar-refractivity contribution >= 4 is 17.8 Å². The number of nitrogens with one attached hydrogen (secondary N) is 1. The highest BCUT2D eigenvalue weighted by Gasteiger charge is 2.30. The number of likely N-dealkylation sites (tertiary alicyclic amines) is 2. The molecular weight excluding hydrogens is 356 g/mol. The van der Waals surface area contributed by atoms with Gasteiger partial charge >= 0.3 is 0 Å². The number of guanidine groups is 1. The number of carbonyl (C=O) groups is 2. The predicted octanol–water partition coefficient (Wildman–Crippen LogP) is 0.203. The van der Waals surface area contributed by atoms with Crippen molar-refractivity contribution in [2.24, 2.45) is 4.99 Å². The Kier molecular flexibility index (Phi) is 7.53. The van der Waals surface area contributed by atoms with E-state index in [4.69, 9.17) is 0 Å². The van der Waals surface area contributed by atoms with Gasteiger partial charge in [-0.3, -0.25) is 19.5 Å². The maximum atomic E-state index is 12.6. The van der Waals surface area contributed by atoms with Gasteiger partial charge in [-0.15, -0.1) is 0 Å². The van der Waals surface area contributed by atoms with Crippen molar-refractivity contribution in [1.29, 1.82) is 0 Å². The van der Waals surface area contributed by atoms with E-state index in [0.717, 1.165) is 84.0 Å². The SMILES string of the molecule is CN=C(NCC(=O)N1CCCCC1)N1CCN(C(C)C(=O)N2CCCC2)CC1. The molecule has 28 heavy (non-hydrogen) atoms. The third-order valence-electron chi connectivity index (χ3n) is 6.25. The predicted molar refractivity (Wildman–Crippen MR) is 110 cm³/mol. The molecule has 0 bridgehead atoms. The number of hydrogen-bond acceptors (Lipinski definition) is 4. The first-order valence-electron chi connectivity index (χ1n) is 10.9. The number of nitrogens with zero attached hydrogens (tertiary/aromatic N) is 5. The van der Waals surface area contributed by atoms with Crippen molar-refractivity contribution in [2.75, 3.05) is 66.0 Å². The summed E-state index contributed by atoms with van der Waals surface area (Å²) >= 11 is 0. The Morgan fingerprint density at radius 1 is 0.821 bits per heavy atom. The van der Waals surface area contributed by atoms with Crippen molar-refractivity contribution in [3.8, 4) is 0 Å². The first-order chi connectivity index (χ1) is 13.6. The van der Waals surface area contributed by atoms with Crippen LogP contribution in [-0.2, 0) is 9.59 Å². The quantitative estimate of drug-likeness (QED) is 0.547. The summed E-state index contributed by atoms with van der Waals surface area (Å²) in [6.45, 7) is 9.20. The van der Waals surface area contributed by atoms with E-state index in [-0.39, 0.29) is 17.9 Å². The van der Waals surface area contributed by atoms with E-state index < -0.39 is 0 Å². The van der Waals surface area contributed by atoms with E-state index in [1.54, 1.807) is 7.05 Å². The summed E-state index contributed by atoms with van der Waals surface area (Å²) in [6.07, 6.45) is 5.70. The Balaban J connectivity index is 1.43. The van der Waals surface area contributed by atoms with Crippen LogP contribution in [0, 0.1) is 0 Å². The summed E-state index contributed by atoms with van der Waals surface area (Å²) in [6, 6.07) is -0.0593. The van der Waals surface area contributed by atoms with Crippen molar-refractivity contribution in [2.45, 2.75) is 45.1 Å². The number of rotatable bonds is 4. The van der Waals surface area contributed by atoms with Crippen LogP contribution in [0.25, 0.3) is 0 Å². The molecule has 3 rings (SSSR count). The molecule has 1 unspecified atom stereocenters. The third-order valence-corrected chi connectivity index (χ3v) is 6.25. The average molecular weight is 393 g/mol. The number of carbonyl (C=O) groups excluding carboxylic acids is 2. The second-order valence-electron chi connectivity index (χ2n) is 8.07. The van der Waals surface area contributed by atoms with Crippen LogP contribution < -0.4 is 5.32 Å². The number of piperidine rings is 1. The first kappa shape index (κ1) is 20.9. The van der Waals surface area contributed by atoms with Gasteiger partial charge in [0.1, 0.15) is 0 Å². The Bertz CT molecular complexity index is 561. The normalized spacial score (nSPS) is 23.1. The molecule has 0 radical (unpaired) electrons. The molecule has 8 heteroatoms. The minimum absolute atomic E-state index is 0.0593. The second-order valence-corrected chi connectivity index (χ2v) is 8.07. The van der Waals surface area contributed by atoms with Crippen LogP contribution in [-0.4, -0.2) is 109 Å². The number of amides is 2. The Morgan fingerprint density at radius 3 is 2.00 bits per heavy atom. The molecule has 0 spiro atoms. The topological polar surface area (TPSA) is 71.5 Å². The van der Waals surface area contributed by atoms with Gasteiger partial charge in [0, 0.05) is 59.4 Å². The van der Waals surface area contributed by atoms with Crippen LogP contribution in [0.1, 0.15) is 39.0 Å². The van der Waals surface area contributed by atoms with Gasteiger partial charge in [0.15, 0.2) is 5.96 Å². The van der Waals surface area contributed by atoms with E-state index >= 15 is 0 Å². The largest absolute Gasteiger partial charge is 0.347 e. The van der Waals surface area contributed by atoms with E-state index in [1.165, 1.54) is 6.42 Å². The maximum absolute atomic E-state index is 12.6. The minimum Gasteiger partial charge on any atom is -0.347 e.